The highest BCUT2D eigenvalue weighted by Gasteiger charge is 2.20. The number of hydrogen-bond acceptors (Lipinski definition) is 2. The normalized spacial score (nSPS) is 18.0. The van der Waals surface area contributed by atoms with E-state index >= 15 is 0 Å². The van der Waals surface area contributed by atoms with Gasteiger partial charge >= 0.3 is 0 Å². The Kier molecular flexibility index (Phi) is 5.41. The van der Waals surface area contributed by atoms with E-state index in [0.717, 1.165) is 23.7 Å². The molecule has 1 saturated carbocycles. The Morgan fingerprint density at radius 3 is 2.65 bits per heavy atom. The van der Waals surface area contributed by atoms with Crippen LogP contribution in [-0.2, 0) is 0 Å². The van der Waals surface area contributed by atoms with Gasteiger partial charge in [-0.25, -0.2) is 4.39 Å². The minimum absolute atomic E-state index is 0.0278. The minimum atomic E-state index is -0.111. The number of halogens is 1. The predicted molar refractivity (Wildman–Crippen MR) is 83.7 cm³/mol. The van der Waals surface area contributed by atoms with Gasteiger partial charge in [-0.15, -0.1) is 0 Å². The molecular formula is C17H27FN2. The van der Waals surface area contributed by atoms with Crippen LogP contribution >= 0.6 is 0 Å². The van der Waals surface area contributed by atoms with Gasteiger partial charge in [0.05, 0.1) is 0 Å². The molecule has 0 spiro atoms. The maximum Gasteiger partial charge on any atom is 0.130 e. The highest BCUT2D eigenvalue weighted by atomic mass is 19.1. The van der Waals surface area contributed by atoms with Crippen LogP contribution < -0.4 is 10.2 Å². The van der Waals surface area contributed by atoms with Gasteiger partial charge in [-0.05, 0) is 44.9 Å². The van der Waals surface area contributed by atoms with Gasteiger partial charge in [-0.1, -0.05) is 25.3 Å². The lowest BCUT2D eigenvalue weighted by molar-refractivity contribution is 0.361. The summed E-state index contributed by atoms with van der Waals surface area (Å²) >= 11 is 0. The first-order chi connectivity index (χ1) is 9.63. The Morgan fingerprint density at radius 1 is 1.30 bits per heavy atom. The second-order valence-electron chi connectivity index (χ2n) is 6.07. The third-order valence-corrected chi connectivity index (χ3v) is 4.56. The lowest BCUT2D eigenvalue weighted by Gasteiger charge is -2.31. The summed E-state index contributed by atoms with van der Waals surface area (Å²) in [6.07, 6.45) is 6.71. The fourth-order valence-electron chi connectivity index (χ4n) is 3.29. The van der Waals surface area contributed by atoms with Gasteiger partial charge in [-0.2, -0.15) is 0 Å². The summed E-state index contributed by atoms with van der Waals surface area (Å²) in [5.74, 6) is 0.648. The first kappa shape index (κ1) is 15.3. The van der Waals surface area contributed by atoms with Gasteiger partial charge in [-0.3, -0.25) is 0 Å². The van der Waals surface area contributed by atoms with E-state index in [0.29, 0.717) is 0 Å². The van der Waals surface area contributed by atoms with Gasteiger partial charge in [0.15, 0.2) is 0 Å². The highest BCUT2D eigenvalue weighted by molar-refractivity contribution is 5.55. The minimum Gasteiger partial charge on any atom is -0.374 e. The van der Waals surface area contributed by atoms with E-state index in [9.17, 15) is 4.39 Å². The maximum absolute atomic E-state index is 14.2. The van der Waals surface area contributed by atoms with E-state index in [1.165, 1.54) is 32.1 Å². The second-order valence-corrected chi connectivity index (χ2v) is 6.07. The van der Waals surface area contributed by atoms with Crippen molar-refractivity contribution in [1.82, 2.24) is 5.32 Å². The topological polar surface area (TPSA) is 15.3 Å². The van der Waals surface area contributed by atoms with Crippen LogP contribution in [0.2, 0.25) is 0 Å². The van der Waals surface area contributed by atoms with E-state index in [1.54, 1.807) is 6.07 Å². The third-order valence-electron chi connectivity index (χ3n) is 4.56. The number of hydrogen-bond donors (Lipinski definition) is 1. The molecule has 0 aromatic heterocycles. The summed E-state index contributed by atoms with van der Waals surface area (Å²) in [6, 6.07) is 5.43. The van der Waals surface area contributed by atoms with Gasteiger partial charge in [0.1, 0.15) is 5.82 Å². The number of rotatable bonds is 5. The van der Waals surface area contributed by atoms with Crippen molar-refractivity contribution in [2.45, 2.75) is 45.1 Å². The van der Waals surface area contributed by atoms with Crippen molar-refractivity contribution < 1.29 is 4.39 Å². The lowest BCUT2D eigenvalue weighted by atomic mass is 9.89. The summed E-state index contributed by atoms with van der Waals surface area (Å²) in [5, 5.41) is 3.15. The lowest BCUT2D eigenvalue weighted by Crippen LogP contribution is -2.29. The number of benzene rings is 1. The average Bonchev–Trinajstić information content (AvgIpc) is 2.47. The monoisotopic (exact) mass is 278 g/mol. The largest absolute Gasteiger partial charge is 0.374 e. The van der Waals surface area contributed by atoms with Gasteiger partial charge in [0.25, 0.3) is 0 Å². The first-order valence-corrected chi connectivity index (χ1v) is 7.80. The molecule has 1 aliphatic carbocycles. The molecule has 112 valence electrons. The van der Waals surface area contributed by atoms with Crippen molar-refractivity contribution in [2.24, 2.45) is 5.92 Å². The zero-order valence-electron chi connectivity index (χ0n) is 13.0. The fraction of sp³-hybridized carbons (Fsp3) is 0.647. The molecule has 1 fully saturated rings. The van der Waals surface area contributed by atoms with Crippen LogP contribution in [0.5, 0.6) is 0 Å². The van der Waals surface area contributed by atoms with E-state index in [-0.39, 0.29) is 11.9 Å². The zero-order valence-corrected chi connectivity index (χ0v) is 13.0. The van der Waals surface area contributed by atoms with E-state index < -0.39 is 0 Å². The highest BCUT2D eigenvalue weighted by Crippen LogP contribution is 2.31. The molecule has 0 bridgehead atoms. The molecule has 2 rings (SSSR count). The Labute approximate surface area is 122 Å². The predicted octanol–water partition coefficient (Wildman–Crippen LogP) is 4.12. The molecule has 2 nitrogen and oxygen atoms in total. The summed E-state index contributed by atoms with van der Waals surface area (Å²) in [4.78, 5) is 2.24. The van der Waals surface area contributed by atoms with Gasteiger partial charge in [0, 0.05) is 30.9 Å². The van der Waals surface area contributed by atoms with Gasteiger partial charge in [0.2, 0.25) is 0 Å². The average molecular weight is 278 g/mol. The van der Waals surface area contributed by atoms with Crippen LogP contribution in [0.3, 0.4) is 0 Å². The van der Waals surface area contributed by atoms with Crippen molar-refractivity contribution in [1.29, 1.82) is 0 Å². The molecule has 0 saturated heterocycles. The maximum atomic E-state index is 14.2. The quantitative estimate of drug-likeness (QED) is 0.871. The Bertz CT molecular complexity index is 427. The van der Waals surface area contributed by atoms with Crippen molar-refractivity contribution in [3.05, 3.63) is 29.6 Å². The van der Waals surface area contributed by atoms with Gasteiger partial charge < -0.3 is 10.2 Å². The molecule has 0 aliphatic heterocycles. The first-order valence-electron chi connectivity index (χ1n) is 7.80. The van der Waals surface area contributed by atoms with Crippen molar-refractivity contribution in [3.8, 4) is 0 Å². The van der Waals surface area contributed by atoms with E-state index in [2.05, 4.69) is 17.3 Å². The number of nitrogens with one attached hydrogen (secondary N) is 1. The van der Waals surface area contributed by atoms with Crippen LogP contribution in [0.15, 0.2) is 18.2 Å². The van der Waals surface area contributed by atoms with Crippen LogP contribution in [0.4, 0.5) is 10.1 Å². The molecule has 0 heterocycles. The molecule has 1 unspecified atom stereocenters. The SMILES string of the molecule is CNC(C)c1c(F)cccc1N(C)CC1CCCCC1. The molecule has 3 heteroatoms. The molecule has 0 amide bonds. The van der Waals surface area contributed by atoms with Crippen LogP contribution in [0.25, 0.3) is 0 Å². The number of anilines is 1. The molecule has 1 atom stereocenters. The third kappa shape index (κ3) is 3.51. The van der Waals surface area contributed by atoms with Crippen LogP contribution in [0, 0.1) is 11.7 Å². The molecule has 0 radical (unpaired) electrons. The number of nitrogens with zero attached hydrogens (tertiary/aromatic N) is 1. The zero-order chi connectivity index (χ0) is 14.5. The van der Waals surface area contributed by atoms with Crippen molar-refractivity contribution in [3.63, 3.8) is 0 Å². The molecule has 1 N–H and O–H groups in total. The van der Waals surface area contributed by atoms with Crippen LogP contribution in [-0.4, -0.2) is 20.6 Å². The van der Waals surface area contributed by atoms with E-state index in [4.69, 9.17) is 0 Å². The summed E-state index contributed by atoms with van der Waals surface area (Å²) in [5.41, 5.74) is 1.81. The van der Waals surface area contributed by atoms with E-state index in [1.807, 2.05) is 26.1 Å². The molecule has 20 heavy (non-hydrogen) atoms. The molecule has 1 aromatic rings. The van der Waals surface area contributed by atoms with Crippen molar-refractivity contribution >= 4 is 5.69 Å². The Balaban J connectivity index is 2.15. The molecule has 1 aliphatic rings. The smallest absolute Gasteiger partial charge is 0.130 e. The Morgan fingerprint density at radius 2 is 2.00 bits per heavy atom. The fourth-order valence-corrected chi connectivity index (χ4v) is 3.29. The summed E-state index contributed by atoms with van der Waals surface area (Å²) in [7, 11) is 3.97. The Hall–Kier alpha value is -1.09. The van der Waals surface area contributed by atoms with Crippen LogP contribution in [0.1, 0.15) is 50.6 Å². The van der Waals surface area contributed by atoms with Crippen molar-refractivity contribution in [2.75, 3.05) is 25.5 Å². The standard InChI is InChI=1S/C17H27FN2/c1-13(19-2)17-15(18)10-7-11-16(17)20(3)12-14-8-5-4-6-9-14/h7,10-11,13-14,19H,4-6,8-9,12H2,1-3H3. The summed E-state index contributed by atoms with van der Waals surface area (Å²) < 4.78 is 14.2. The second kappa shape index (κ2) is 7.07. The molecule has 1 aromatic carbocycles. The molecular weight excluding hydrogens is 251 g/mol. The summed E-state index contributed by atoms with van der Waals surface area (Å²) in [6.45, 7) is 3.04.